The molecule has 0 amide bonds. The zero-order valence-corrected chi connectivity index (χ0v) is 14.1. The molecule has 1 aromatic carbocycles. The van der Waals surface area contributed by atoms with E-state index in [4.69, 9.17) is 4.74 Å². The van der Waals surface area contributed by atoms with Gasteiger partial charge in [-0.05, 0) is 49.8 Å². The van der Waals surface area contributed by atoms with Gasteiger partial charge >= 0.3 is 0 Å². The van der Waals surface area contributed by atoms with Crippen LogP contribution in [0.2, 0.25) is 0 Å². The predicted octanol–water partition coefficient (Wildman–Crippen LogP) is 3.37. The number of sulfonamides is 1. The molecule has 1 heterocycles. The number of ether oxygens (including phenoxy) is 1. The van der Waals surface area contributed by atoms with Gasteiger partial charge in [0.1, 0.15) is 0 Å². The number of rotatable bonds is 4. The first kappa shape index (κ1) is 16.1. The average molecular weight is 331 g/mol. The van der Waals surface area contributed by atoms with Gasteiger partial charge in [-0.25, -0.2) is 12.7 Å². The Labute approximate surface area is 137 Å². The van der Waals surface area contributed by atoms with E-state index in [1.54, 1.807) is 30.5 Å². The van der Waals surface area contributed by atoms with E-state index in [0.717, 1.165) is 37.0 Å². The molecule has 0 aromatic heterocycles. The minimum atomic E-state index is -3.65. The quantitative estimate of drug-likeness (QED) is 0.795. The van der Waals surface area contributed by atoms with Crippen LogP contribution in [0.4, 0.5) is 0 Å². The van der Waals surface area contributed by atoms with Crippen molar-refractivity contribution in [3.8, 4) is 0 Å². The third-order valence-electron chi connectivity index (χ3n) is 4.42. The van der Waals surface area contributed by atoms with Gasteiger partial charge in [0.25, 0.3) is 10.0 Å². The molecule has 1 saturated carbocycles. The second-order valence-electron chi connectivity index (χ2n) is 6.08. The number of benzene rings is 1. The summed E-state index contributed by atoms with van der Waals surface area (Å²) in [6, 6.07) is 6.82. The average Bonchev–Trinajstić information content (AvgIpc) is 2.52. The molecule has 2 aliphatic rings. The Bertz CT molecular complexity index is 758. The molecule has 0 N–H and O–H groups in total. The van der Waals surface area contributed by atoms with E-state index in [1.165, 1.54) is 10.5 Å². The zero-order chi connectivity index (χ0) is 16.4. The van der Waals surface area contributed by atoms with Crippen LogP contribution in [0.5, 0.6) is 0 Å². The molecule has 1 aliphatic heterocycles. The molecular weight excluding hydrogens is 310 g/mol. The van der Waals surface area contributed by atoms with Gasteiger partial charge in [-0.1, -0.05) is 24.3 Å². The summed E-state index contributed by atoms with van der Waals surface area (Å²) in [5.41, 5.74) is 4.61. The maximum absolute atomic E-state index is 12.8. The van der Waals surface area contributed by atoms with Gasteiger partial charge in [0.15, 0.2) is 0 Å². The lowest BCUT2D eigenvalue weighted by atomic mass is 9.73. The first-order chi connectivity index (χ1) is 11.0. The van der Waals surface area contributed by atoms with Crippen LogP contribution in [-0.4, -0.2) is 25.4 Å². The molecule has 1 aromatic rings. The highest BCUT2D eigenvalue weighted by molar-refractivity contribution is 7.89. The normalized spacial score (nSPS) is 25.2. The summed E-state index contributed by atoms with van der Waals surface area (Å²) in [5.74, 6) is 0.534. The fourth-order valence-electron chi connectivity index (χ4n) is 3.11. The minimum absolute atomic E-state index is 0.0673. The lowest BCUT2D eigenvalue weighted by Gasteiger charge is -2.43. The highest BCUT2D eigenvalue weighted by Crippen LogP contribution is 2.42. The summed E-state index contributed by atoms with van der Waals surface area (Å²) < 4.78 is 32.6. The molecule has 2 fully saturated rings. The van der Waals surface area contributed by atoms with Crippen molar-refractivity contribution in [3.63, 3.8) is 0 Å². The molecule has 2 atom stereocenters. The standard InChI is InChI=1S/C18H21NO3S/c1-3-10-19(13-16-12-15-5-4-11-22-18(15)16)23(20,21)17-8-6-14(2)7-9-17/h6-10,13,15,18H,1,4-5,11-12H2,2H3/b16-13-. The Morgan fingerprint density at radius 1 is 1.35 bits per heavy atom. The van der Waals surface area contributed by atoms with Crippen molar-refractivity contribution in [1.29, 1.82) is 0 Å². The van der Waals surface area contributed by atoms with Gasteiger partial charge in [-0.15, -0.1) is 5.73 Å². The van der Waals surface area contributed by atoms with Crippen LogP contribution in [0, 0.1) is 12.8 Å². The van der Waals surface area contributed by atoms with E-state index in [1.807, 2.05) is 6.92 Å². The Morgan fingerprint density at radius 2 is 2.09 bits per heavy atom. The van der Waals surface area contributed by atoms with Gasteiger partial charge in [0, 0.05) is 12.8 Å². The van der Waals surface area contributed by atoms with Gasteiger partial charge < -0.3 is 4.74 Å². The van der Waals surface area contributed by atoms with Crippen LogP contribution in [0.15, 0.2) is 59.4 Å². The molecular formula is C18H21NO3S. The Hall–Kier alpha value is -1.81. The highest BCUT2D eigenvalue weighted by atomic mass is 32.2. The molecule has 23 heavy (non-hydrogen) atoms. The summed E-state index contributed by atoms with van der Waals surface area (Å²) in [6.07, 6.45) is 6.24. The maximum Gasteiger partial charge on any atom is 0.268 e. The lowest BCUT2D eigenvalue weighted by molar-refractivity contribution is -0.0405. The Balaban J connectivity index is 1.89. The number of nitrogens with zero attached hydrogens (tertiary/aromatic N) is 1. The van der Waals surface area contributed by atoms with Crippen molar-refractivity contribution < 1.29 is 13.2 Å². The molecule has 4 nitrogen and oxygen atoms in total. The molecule has 5 heteroatoms. The second kappa shape index (κ2) is 6.36. The van der Waals surface area contributed by atoms with Crippen LogP contribution >= 0.6 is 0 Å². The van der Waals surface area contributed by atoms with Crippen LogP contribution in [0.1, 0.15) is 24.8 Å². The first-order valence-corrected chi connectivity index (χ1v) is 9.25. The van der Waals surface area contributed by atoms with Crippen LogP contribution in [0.3, 0.4) is 0 Å². The maximum atomic E-state index is 12.8. The second-order valence-corrected chi connectivity index (χ2v) is 7.93. The summed E-state index contributed by atoms with van der Waals surface area (Å²) in [4.78, 5) is 0.256. The third kappa shape index (κ3) is 3.13. The zero-order valence-electron chi connectivity index (χ0n) is 13.2. The van der Waals surface area contributed by atoms with E-state index in [2.05, 4.69) is 12.3 Å². The van der Waals surface area contributed by atoms with E-state index in [9.17, 15) is 8.42 Å². The number of hydrogen-bond acceptors (Lipinski definition) is 3. The smallest absolute Gasteiger partial charge is 0.268 e. The summed E-state index contributed by atoms with van der Waals surface area (Å²) in [6.45, 7) is 6.18. The van der Waals surface area contributed by atoms with E-state index in [0.29, 0.717) is 5.92 Å². The van der Waals surface area contributed by atoms with Gasteiger partial charge in [0.05, 0.1) is 17.2 Å². The summed E-state index contributed by atoms with van der Waals surface area (Å²) >= 11 is 0. The van der Waals surface area contributed by atoms with Gasteiger partial charge in [-0.2, -0.15) is 0 Å². The van der Waals surface area contributed by atoms with Crippen LogP contribution < -0.4 is 0 Å². The molecule has 1 aliphatic carbocycles. The monoisotopic (exact) mass is 331 g/mol. The van der Waals surface area contributed by atoms with E-state index < -0.39 is 10.0 Å². The predicted molar refractivity (Wildman–Crippen MR) is 89.1 cm³/mol. The minimum Gasteiger partial charge on any atom is -0.374 e. The molecule has 2 unspecified atom stereocenters. The highest BCUT2D eigenvalue weighted by Gasteiger charge is 2.39. The van der Waals surface area contributed by atoms with E-state index in [-0.39, 0.29) is 11.0 Å². The van der Waals surface area contributed by atoms with Crippen molar-refractivity contribution in [2.45, 2.75) is 37.2 Å². The molecule has 3 rings (SSSR count). The third-order valence-corrected chi connectivity index (χ3v) is 6.05. The lowest BCUT2D eigenvalue weighted by Crippen LogP contribution is -2.41. The fourth-order valence-corrected chi connectivity index (χ4v) is 4.32. The van der Waals surface area contributed by atoms with Crippen LogP contribution in [0.25, 0.3) is 0 Å². The van der Waals surface area contributed by atoms with Gasteiger partial charge in [-0.3, -0.25) is 0 Å². The molecule has 0 bridgehead atoms. The molecule has 0 radical (unpaired) electrons. The Kier molecular flexibility index (Phi) is 4.44. The SMILES string of the molecule is C=C=CN(/C=C1/CC2CCCOC12)S(=O)(=O)c1ccc(C)cc1. The summed E-state index contributed by atoms with van der Waals surface area (Å²) in [7, 11) is -3.65. The van der Waals surface area contributed by atoms with Crippen LogP contribution in [-0.2, 0) is 14.8 Å². The van der Waals surface area contributed by atoms with Crippen molar-refractivity contribution in [3.05, 3.63) is 60.1 Å². The first-order valence-electron chi connectivity index (χ1n) is 7.81. The van der Waals surface area contributed by atoms with Crippen molar-refractivity contribution >= 4 is 10.0 Å². The van der Waals surface area contributed by atoms with Crippen molar-refractivity contribution in [1.82, 2.24) is 4.31 Å². The Morgan fingerprint density at radius 3 is 2.74 bits per heavy atom. The van der Waals surface area contributed by atoms with Crippen molar-refractivity contribution in [2.75, 3.05) is 6.61 Å². The number of hydrogen-bond donors (Lipinski definition) is 0. The molecule has 0 spiro atoms. The van der Waals surface area contributed by atoms with E-state index >= 15 is 0 Å². The molecule has 1 saturated heterocycles. The number of aryl methyl sites for hydroxylation is 1. The topological polar surface area (TPSA) is 46.6 Å². The van der Waals surface area contributed by atoms with Gasteiger partial charge in [0.2, 0.25) is 0 Å². The fraction of sp³-hybridized carbons (Fsp3) is 0.389. The largest absolute Gasteiger partial charge is 0.374 e. The molecule has 122 valence electrons. The number of fused-ring (bicyclic) bond motifs is 1. The summed E-state index contributed by atoms with van der Waals surface area (Å²) in [5, 5.41) is 0. The van der Waals surface area contributed by atoms with Crippen molar-refractivity contribution in [2.24, 2.45) is 5.92 Å².